The average Bonchev–Trinajstić information content (AvgIpc) is 3.21. The van der Waals surface area contributed by atoms with Crippen LogP contribution in [0.25, 0.3) is 0 Å². The highest BCUT2D eigenvalue weighted by atomic mass is 32.1. The smallest absolute Gasteiger partial charge is 0.317 e. The number of thiophene rings is 1. The SMILES string of the molecule is Cc1ccsc1CN1CCC(N(C(=O)NCCc2ccccc2)C2CCOCC2)CC1. The molecule has 0 radical (unpaired) electrons. The first-order valence-corrected chi connectivity index (χ1v) is 12.5. The van der Waals surface area contributed by atoms with Crippen molar-refractivity contribution in [2.75, 3.05) is 32.8 Å². The maximum Gasteiger partial charge on any atom is 0.317 e. The molecule has 0 spiro atoms. The number of ether oxygens (including phenoxy) is 1. The summed E-state index contributed by atoms with van der Waals surface area (Å²) in [6, 6.07) is 13.3. The molecular weight excluding hydrogens is 406 g/mol. The third-order valence-electron chi connectivity index (χ3n) is 6.64. The van der Waals surface area contributed by atoms with E-state index in [4.69, 9.17) is 4.74 Å². The van der Waals surface area contributed by atoms with Gasteiger partial charge in [0.1, 0.15) is 0 Å². The first-order chi connectivity index (χ1) is 15.2. The molecule has 2 fully saturated rings. The van der Waals surface area contributed by atoms with Crippen molar-refractivity contribution in [2.45, 2.75) is 57.7 Å². The Morgan fingerprint density at radius 2 is 1.81 bits per heavy atom. The Morgan fingerprint density at radius 1 is 1.10 bits per heavy atom. The third kappa shape index (κ3) is 6.09. The lowest BCUT2D eigenvalue weighted by Crippen LogP contribution is -2.56. The standard InChI is InChI=1S/C25H35N3O2S/c1-20-12-18-31-24(20)19-27-14-8-22(9-15-27)28(23-10-16-30-17-11-23)25(29)26-13-7-21-5-3-2-4-6-21/h2-6,12,18,22-23H,7-11,13-17,19H2,1H3,(H,26,29). The van der Waals surface area contributed by atoms with E-state index in [2.05, 4.69) is 57.8 Å². The summed E-state index contributed by atoms with van der Waals surface area (Å²) in [4.78, 5) is 19.5. The minimum atomic E-state index is 0.107. The number of amides is 2. The lowest BCUT2D eigenvalue weighted by molar-refractivity contribution is 0.0205. The number of benzene rings is 1. The summed E-state index contributed by atoms with van der Waals surface area (Å²) in [6.07, 6.45) is 4.86. The van der Waals surface area contributed by atoms with E-state index in [1.807, 2.05) is 17.4 Å². The molecule has 2 aliphatic rings. The number of nitrogens with zero attached hydrogens (tertiary/aromatic N) is 2. The van der Waals surface area contributed by atoms with E-state index in [-0.39, 0.29) is 6.03 Å². The molecule has 2 aromatic rings. The van der Waals surface area contributed by atoms with Crippen molar-refractivity contribution in [3.63, 3.8) is 0 Å². The molecule has 31 heavy (non-hydrogen) atoms. The summed E-state index contributed by atoms with van der Waals surface area (Å²) in [5, 5.41) is 5.40. The molecule has 4 rings (SSSR count). The van der Waals surface area contributed by atoms with Crippen molar-refractivity contribution in [2.24, 2.45) is 0 Å². The van der Waals surface area contributed by atoms with Gasteiger partial charge in [-0.1, -0.05) is 30.3 Å². The van der Waals surface area contributed by atoms with Gasteiger partial charge in [-0.05, 0) is 61.6 Å². The van der Waals surface area contributed by atoms with Crippen LogP contribution in [0.15, 0.2) is 41.8 Å². The fourth-order valence-electron chi connectivity index (χ4n) is 4.77. The quantitative estimate of drug-likeness (QED) is 0.690. The van der Waals surface area contributed by atoms with E-state index >= 15 is 0 Å². The highest BCUT2D eigenvalue weighted by Gasteiger charge is 2.34. The number of carbonyl (C=O) groups is 1. The van der Waals surface area contributed by atoms with Crippen molar-refractivity contribution in [1.82, 2.24) is 15.1 Å². The molecule has 168 valence electrons. The Labute approximate surface area is 190 Å². The zero-order chi connectivity index (χ0) is 21.5. The molecule has 0 saturated carbocycles. The van der Waals surface area contributed by atoms with Crippen molar-refractivity contribution in [1.29, 1.82) is 0 Å². The molecule has 2 saturated heterocycles. The van der Waals surface area contributed by atoms with Gasteiger partial charge in [0.05, 0.1) is 0 Å². The number of rotatable bonds is 7. The van der Waals surface area contributed by atoms with Crippen LogP contribution < -0.4 is 5.32 Å². The average molecular weight is 442 g/mol. The summed E-state index contributed by atoms with van der Waals surface area (Å²) in [6.45, 7) is 7.54. The first kappa shape index (κ1) is 22.3. The molecule has 5 nitrogen and oxygen atoms in total. The Hall–Kier alpha value is -1.89. The second-order valence-corrected chi connectivity index (χ2v) is 9.75. The second-order valence-electron chi connectivity index (χ2n) is 8.75. The number of aryl methyl sites for hydroxylation is 1. The Morgan fingerprint density at radius 3 is 2.48 bits per heavy atom. The van der Waals surface area contributed by atoms with Gasteiger partial charge in [-0.25, -0.2) is 4.79 Å². The molecule has 0 unspecified atom stereocenters. The van der Waals surface area contributed by atoms with Gasteiger partial charge in [-0.3, -0.25) is 4.90 Å². The molecule has 0 aliphatic carbocycles. The fourth-order valence-corrected chi connectivity index (χ4v) is 5.72. The van der Waals surface area contributed by atoms with Gasteiger partial charge in [-0.2, -0.15) is 0 Å². The van der Waals surface area contributed by atoms with Crippen molar-refractivity contribution in [3.8, 4) is 0 Å². The number of hydrogen-bond acceptors (Lipinski definition) is 4. The molecule has 1 aromatic carbocycles. The van der Waals surface area contributed by atoms with Crippen molar-refractivity contribution >= 4 is 17.4 Å². The van der Waals surface area contributed by atoms with Crippen LogP contribution in [0.1, 0.15) is 41.7 Å². The first-order valence-electron chi connectivity index (χ1n) is 11.6. The monoisotopic (exact) mass is 441 g/mol. The van der Waals surface area contributed by atoms with Crippen LogP contribution in [0.2, 0.25) is 0 Å². The maximum atomic E-state index is 13.3. The highest BCUT2D eigenvalue weighted by Crippen LogP contribution is 2.26. The van der Waals surface area contributed by atoms with Crippen LogP contribution in [0.3, 0.4) is 0 Å². The van der Waals surface area contributed by atoms with Gasteiger partial charge in [-0.15, -0.1) is 11.3 Å². The molecule has 3 heterocycles. The van der Waals surface area contributed by atoms with Crippen LogP contribution in [0.5, 0.6) is 0 Å². The predicted molar refractivity (Wildman–Crippen MR) is 127 cm³/mol. The minimum Gasteiger partial charge on any atom is -0.381 e. The maximum absolute atomic E-state index is 13.3. The van der Waals surface area contributed by atoms with Gasteiger partial charge < -0.3 is 15.0 Å². The number of hydrogen-bond donors (Lipinski definition) is 1. The van der Waals surface area contributed by atoms with Gasteiger partial charge in [0.25, 0.3) is 0 Å². The van der Waals surface area contributed by atoms with Gasteiger partial charge >= 0.3 is 6.03 Å². The van der Waals surface area contributed by atoms with Crippen molar-refractivity contribution in [3.05, 3.63) is 57.8 Å². The van der Waals surface area contributed by atoms with E-state index in [9.17, 15) is 4.79 Å². The van der Waals surface area contributed by atoms with E-state index in [0.717, 1.165) is 65.0 Å². The zero-order valence-electron chi connectivity index (χ0n) is 18.6. The van der Waals surface area contributed by atoms with Crippen LogP contribution in [-0.2, 0) is 17.7 Å². The molecule has 0 atom stereocenters. The number of nitrogens with one attached hydrogen (secondary N) is 1. The van der Waals surface area contributed by atoms with Crippen LogP contribution in [0, 0.1) is 6.92 Å². The van der Waals surface area contributed by atoms with Crippen LogP contribution in [-0.4, -0.2) is 60.8 Å². The normalized spacial score (nSPS) is 18.7. The van der Waals surface area contributed by atoms with Gasteiger partial charge in [0.15, 0.2) is 0 Å². The summed E-state index contributed by atoms with van der Waals surface area (Å²) in [5.41, 5.74) is 2.66. The number of urea groups is 1. The predicted octanol–water partition coefficient (Wildman–Crippen LogP) is 4.45. The number of likely N-dealkylation sites (tertiary alicyclic amines) is 1. The molecule has 6 heteroatoms. The molecule has 2 amide bonds. The van der Waals surface area contributed by atoms with E-state index in [0.29, 0.717) is 18.6 Å². The van der Waals surface area contributed by atoms with Gasteiger partial charge in [0.2, 0.25) is 0 Å². The fraction of sp³-hybridized carbons (Fsp3) is 0.560. The topological polar surface area (TPSA) is 44.8 Å². The lowest BCUT2D eigenvalue weighted by Gasteiger charge is -2.43. The van der Waals surface area contributed by atoms with Crippen LogP contribution >= 0.6 is 11.3 Å². The van der Waals surface area contributed by atoms with E-state index in [1.165, 1.54) is 16.0 Å². The Kier molecular flexibility index (Phi) is 8.00. The van der Waals surface area contributed by atoms with E-state index in [1.54, 1.807) is 0 Å². The minimum absolute atomic E-state index is 0.107. The molecule has 0 bridgehead atoms. The zero-order valence-corrected chi connectivity index (χ0v) is 19.4. The molecule has 2 aliphatic heterocycles. The summed E-state index contributed by atoms with van der Waals surface area (Å²) in [7, 11) is 0. The summed E-state index contributed by atoms with van der Waals surface area (Å²) < 4.78 is 5.58. The summed E-state index contributed by atoms with van der Waals surface area (Å²) >= 11 is 1.86. The Bertz CT molecular complexity index is 811. The second kappa shape index (κ2) is 11.1. The molecule has 1 aromatic heterocycles. The number of piperidine rings is 1. The lowest BCUT2D eigenvalue weighted by atomic mass is 9.98. The third-order valence-corrected chi connectivity index (χ3v) is 7.65. The highest BCUT2D eigenvalue weighted by molar-refractivity contribution is 7.10. The molecule has 1 N–H and O–H groups in total. The van der Waals surface area contributed by atoms with Gasteiger partial charge in [0, 0.05) is 56.4 Å². The van der Waals surface area contributed by atoms with Crippen molar-refractivity contribution < 1.29 is 9.53 Å². The molecular formula is C25H35N3O2S. The summed E-state index contributed by atoms with van der Waals surface area (Å²) in [5.74, 6) is 0. The van der Waals surface area contributed by atoms with Crippen LogP contribution in [0.4, 0.5) is 4.79 Å². The Balaban J connectivity index is 1.33. The number of carbonyl (C=O) groups excluding carboxylic acids is 1. The van der Waals surface area contributed by atoms with E-state index < -0.39 is 0 Å². The largest absolute Gasteiger partial charge is 0.381 e.